The number of thiocarbonyl (C=S) groups is 1. The lowest BCUT2D eigenvalue weighted by molar-refractivity contribution is 0.104. The number of nitrogens with two attached hydrogens (primary N) is 1. The third kappa shape index (κ3) is 5.05. The molecule has 0 amide bonds. The number of phenolic OH excluding ortho intramolecular Hbond substituents is 1. The largest absolute Gasteiger partial charge is 0.508 e. The van der Waals surface area contributed by atoms with Crippen molar-refractivity contribution in [2.45, 2.75) is 6.04 Å². The molecule has 0 bridgehead atoms. The summed E-state index contributed by atoms with van der Waals surface area (Å²) in [6.45, 7) is 2.56. The van der Waals surface area contributed by atoms with Crippen molar-refractivity contribution >= 4 is 17.2 Å². The minimum Gasteiger partial charge on any atom is -0.508 e. The lowest BCUT2D eigenvalue weighted by atomic mass is 10.0. The third-order valence-corrected chi connectivity index (χ3v) is 3.23. The zero-order chi connectivity index (χ0) is 15.0. The van der Waals surface area contributed by atoms with E-state index in [9.17, 15) is 5.11 Å². The Balaban J connectivity index is 2.93. The van der Waals surface area contributed by atoms with Gasteiger partial charge in [-0.1, -0.05) is 24.4 Å². The van der Waals surface area contributed by atoms with E-state index in [0.29, 0.717) is 31.3 Å². The third-order valence-electron chi connectivity index (χ3n) is 3.01. The van der Waals surface area contributed by atoms with Crippen LogP contribution >= 0.6 is 12.2 Å². The average molecular weight is 298 g/mol. The minimum atomic E-state index is -0.198. The normalized spacial score (nSPS) is 12.6. The van der Waals surface area contributed by atoms with E-state index in [1.54, 1.807) is 26.4 Å². The van der Waals surface area contributed by atoms with E-state index in [1.165, 1.54) is 0 Å². The maximum absolute atomic E-state index is 9.38. The van der Waals surface area contributed by atoms with Gasteiger partial charge in [0.2, 0.25) is 0 Å². The number of benzene rings is 1. The molecule has 0 aliphatic rings. The molecule has 0 saturated heterocycles. The molecule has 6 heteroatoms. The maximum Gasteiger partial charge on any atom is 0.115 e. The van der Waals surface area contributed by atoms with E-state index >= 15 is 0 Å². The summed E-state index contributed by atoms with van der Waals surface area (Å²) in [5.41, 5.74) is 6.84. The van der Waals surface area contributed by atoms with Crippen LogP contribution in [0.1, 0.15) is 11.6 Å². The standard InChI is InChI=1S/C14H22N2O3S/c1-18-9-7-16(8-10-19-2)13(14(15)20)11-3-5-12(17)6-4-11/h3-6,13,17H,7-10H2,1-2H3,(H2,15,20). The second-order valence-corrected chi connectivity index (χ2v) is 4.89. The Morgan fingerprint density at radius 1 is 1.20 bits per heavy atom. The van der Waals surface area contributed by atoms with Crippen molar-refractivity contribution in [2.24, 2.45) is 5.73 Å². The molecule has 1 rings (SSSR count). The van der Waals surface area contributed by atoms with Crippen molar-refractivity contribution in [2.75, 3.05) is 40.5 Å². The molecule has 0 radical (unpaired) electrons. The quantitative estimate of drug-likeness (QED) is 0.670. The maximum atomic E-state index is 9.38. The van der Waals surface area contributed by atoms with Crippen molar-refractivity contribution in [1.29, 1.82) is 0 Å². The van der Waals surface area contributed by atoms with Gasteiger partial charge in [0.15, 0.2) is 0 Å². The predicted molar refractivity (Wildman–Crippen MR) is 83.0 cm³/mol. The number of aromatic hydroxyl groups is 1. The number of hydrogen-bond acceptors (Lipinski definition) is 5. The van der Waals surface area contributed by atoms with Crippen molar-refractivity contribution in [3.63, 3.8) is 0 Å². The van der Waals surface area contributed by atoms with Gasteiger partial charge in [-0.25, -0.2) is 0 Å². The minimum absolute atomic E-state index is 0.198. The molecule has 0 heterocycles. The number of methoxy groups -OCH3 is 2. The molecule has 20 heavy (non-hydrogen) atoms. The number of ether oxygens (including phenoxy) is 2. The van der Waals surface area contributed by atoms with Crippen LogP contribution in [0, 0.1) is 0 Å². The molecular formula is C14H22N2O3S. The van der Waals surface area contributed by atoms with Crippen LogP contribution in [-0.2, 0) is 9.47 Å². The molecule has 3 N–H and O–H groups in total. The molecule has 0 aromatic heterocycles. The Kier molecular flexibility index (Phi) is 7.46. The Bertz CT molecular complexity index is 403. The second-order valence-electron chi connectivity index (χ2n) is 4.42. The Morgan fingerprint density at radius 3 is 2.10 bits per heavy atom. The zero-order valence-electron chi connectivity index (χ0n) is 11.9. The summed E-state index contributed by atoms with van der Waals surface area (Å²) in [5, 5.41) is 9.38. The zero-order valence-corrected chi connectivity index (χ0v) is 12.7. The van der Waals surface area contributed by atoms with Gasteiger partial charge < -0.3 is 20.3 Å². The summed E-state index contributed by atoms with van der Waals surface area (Å²) in [6.07, 6.45) is 0. The van der Waals surface area contributed by atoms with Gasteiger partial charge in [-0.2, -0.15) is 0 Å². The van der Waals surface area contributed by atoms with E-state index < -0.39 is 0 Å². The van der Waals surface area contributed by atoms with Crippen LogP contribution < -0.4 is 5.73 Å². The number of hydrogen-bond donors (Lipinski definition) is 2. The van der Waals surface area contributed by atoms with Gasteiger partial charge >= 0.3 is 0 Å². The van der Waals surface area contributed by atoms with Crippen molar-refractivity contribution < 1.29 is 14.6 Å². The van der Waals surface area contributed by atoms with Crippen LogP contribution in [0.2, 0.25) is 0 Å². The second kappa shape index (κ2) is 8.86. The van der Waals surface area contributed by atoms with E-state index in [-0.39, 0.29) is 11.8 Å². The summed E-state index contributed by atoms with van der Waals surface area (Å²) < 4.78 is 10.3. The van der Waals surface area contributed by atoms with E-state index in [0.717, 1.165) is 5.56 Å². The van der Waals surface area contributed by atoms with Crippen LogP contribution in [0.15, 0.2) is 24.3 Å². The number of phenols is 1. The Morgan fingerprint density at radius 2 is 1.70 bits per heavy atom. The highest BCUT2D eigenvalue weighted by Crippen LogP contribution is 2.23. The first kappa shape index (κ1) is 16.8. The summed E-state index contributed by atoms with van der Waals surface area (Å²) >= 11 is 5.20. The highest BCUT2D eigenvalue weighted by molar-refractivity contribution is 7.80. The van der Waals surface area contributed by atoms with Gasteiger partial charge in [-0.05, 0) is 17.7 Å². The predicted octanol–water partition coefficient (Wildman–Crippen LogP) is 1.31. The van der Waals surface area contributed by atoms with Crippen molar-refractivity contribution in [1.82, 2.24) is 4.90 Å². The van der Waals surface area contributed by atoms with Gasteiger partial charge in [0.1, 0.15) is 5.75 Å². The topological polar surface area (TPSA) is 68.0 Å². The Labute approximate surface area is 125 Å². The monoisotopic (exact) mass is 298 g/mol. The van der Waals surface area contributed by atoms with Crippen LogP contribution in [0.4, 0.5) is 0 Å². The smallest absolute Gasteiger partial charge is 0.115 e. The summed E-state index contributed by atoms with van der Waals surface area (Å²) in [6, 6.07) is 6.71. The van der Waals surface area contributed by atoms with Gasteiger partial charge in [0, 0.05) is 27.3 Å². The fourth-order valence-electron chi connectivity index (χ4n) is 2.00. The van der Waals surface area contributed by atoms with Gasteiger partial charge in [-0.3, -0.25) is 4.90 Å². The van der Waals surface area contributed by atoms with E-state index in [1.807, 2.05) is 12.1 Å². The van der Waals surface area contributed by atoms with Crippen molar-refractivity contribution in [3.8, 4) is 5.75 Å². The molecule has 112 valence electrons. The highest BCUT2D eigenvalue weighted by atomic mass is 32.1. The molecule has 0 saturated carbocycles. The van der Waals surface area contributed by atoms with Crippen molar-refractivity contribution in [3.05, 3.63) is 29.8 Å². The SMILES string of the molecule is COCCN(CCOC)C(C(N)=S)c1ccc(O)cc1. The fourth-order valence-corrected chi connectivity index (χ4v) is 2.28. The summed E-state index contributed by atoms with van der Waals surface area (Å²) in [7, 11) is 3.32. The highest BCUT2D eigenvalue weighted by Gasteiger charge is 2.22. The lowest BCUT2D eigenvalue weighted by Gasteiger charge is -2.31. The molecule has 0 aliphatic carbocycles. The van der Waals surface area contributed by atoms with Crippen LogP contribution in [0.25, 0.3) is 0 Å². The summed E-state index contributed by atoms with van der Waals surface area (Å²) in [5.74, 6) is 0.218. The molecule has 0 fully saturated rings. The lowest BCUT2D eigenvalue weighted by Crippen LogP contribution is -2.40. The molecule has 0 spiro atoms. The van der Waals surface area contributed by atoms with E-state index in [2.05, 4.69) is 4.90 Å². The number of nitrogens with zero attached hydrogens (tertiary/aromatic N) is 1. The molecule has 1 aromatic rings. The average Bonchev–Trinajstić information content (AvgIpc) is 2.43. The van der Waals surface area contributed by atoms with Gasteiger partial charge in [0.25, 0.3) is 0 Å². The number of rotatable bonds is 9. The molecule has 0 aliphatic heterocycles. The van der Waals surface area contributed by atoms with Gasteiger partial charge in [0.05, 0.1) is 24.2 Å². The first-order valence-corrected chi connectivity index (χ1v) is 6.81. The Hall–Kier alpha value is -1.21. The van der Waals surface area contributed by atoms with Crippen LogP contribution in [-0.4, -0.2) is 55.5 Å². The van der Waals surface area contributed by atoms with E-state index in [4.69, 9.17) is 27.4 Å². The van der Waals surface area contributed by atoms with Crippen LogP contribution in [0.5, 0.6) is 5.75 Å². The molecular weight excluding hydrogens is 276 g/mol. The molecule has 1 unspecified atom stereocenters. The first-order valence-electron chi connectivity index (χ1n) is 6.40. The molecule has 1 aromatic carbocycles. The molecule has 5 nitrogen and oxygen atoms in total. The first-order chi connectivity index (χ1) is 9.60. The summed E-state index contributed by atoms with van der Waals surface area (Å²) in [4.78, 5) is 2.50. The molecule has 1 atom stereocenters. The van der Waals surface area contributed by atoms with Gasteiger partial charge in [-0.15, -0.1) is 0 Å². The van der Waals surface area contributed by atoms with Crippen LogP contribution in [0.3, 0.4) is 0 Å². The fraction of sp³-hybridized carbons (Fsp3) is 0.500.